The topological polar surface area (TPSA) is 17.1 Å². The van der Waals surface area contributed by atoms with E-state index in [1.54, 1.807) is 24.3 Å². The van der Waals surface area contributed by atoms with Crippen LogP contribution in [0.5, 0.6) is 0 Å². The number of halogens is 5. The Labute approximate surface area is 156 Å². The van der Waals surface area contributed by atoms with Crippen LogP contribution in [0.1, 0.15) is 11.1 Å². The summed E-state index contributed by atoms with van der Waals surface area (Å²) in [5.74, 6) is 0. The molecule has 0 radical (unpaired) electrons. The second-order valence-electron chi connectivity index (χ2n) is 5.68. The van der Waals surface area contributed by atoms with Crippen LogP contribution in [-0.2, 0) is 11.2 Å². The number of thioether (sulfide) groups is 1. The minimum Gasteiger partial charge on any atom is -0.285 e. The molecule has 0 N–H and O–H groups in total. The number of hydrogen-bond donors (Lipinski definition) is 0. The summed E-state index contributed by atoms with van der Waals surface area (Å²) in [7, 11) is 0. The van der Waals surface area contributed by atoms with Crippen molar-refractivity contribution in [2.45, 2.75) is 12.6 Å². The SMILES string of the molecule is O=C1SC(c2ccc(Cl)cc2)=CC1(Cc1ccc(Cl)cc1)C(F)(F)F. The zero-order chi connectivity index (χ0) is 18.2. The molecule has 0 bridgehead atoms. The van der Waals surface area contributed by atoms with Gasteiger partial charge in [0.05, 0.1) is 0 Å². The molecule has 0 fully saturated rings. The molecule has 0 saturated heterocycles. The van der Waals surface area contributed by atoms with E-state index in [-0.39, 0.29) is 4.91 Å². The Morgan fingerprint density at radius 1 is 0.920 bits per heavy atom. The lowest BCUT2D eigenvalue weighted by molar-refractivity contribution is -0.200. The van der Waals surface area contributed by atoms with E-state index in [9.17, 15) is 18.0 Å². The van der Waals surface area contributed by atoms with Gasteiger partial charge in [0.15, 0.2) is 5.41 Å². The summed E-state index contributed by atoms with van der Waals surface area (Å²) in [5.41, 5.74) is -1.63. The third-order valence-electron chi connectivity index (χ3n) is 3.98. The smallest absolute Gasteiger partial charge is 0.285 e. The van der Waals surface area contributed by atoms with Gasteiger partial charge in [0.25, 0.3) is 0 Å². The molecule has 0 spiro atoms. The second kappa shape index (κ2) is 6.71. The molecule has 1 aliphatic heterocycles. The normalized spacial score (nSPS) is 20.7. The van der Waals surface area contributed by atoms with Gasteiger partial charge in [0.1, 0.15) is 0 Å². The molecule has 1 aliphatic rings. The molecule has 7 heteroatoms. The van der Waals surface area contributed by atoms with Crippen molar-refractivity contribution in [3.8, 4) is 0 Å². The summed E-state index contributed by atoms with van der Waals surface area (Å²) in [4.78, 5) is 12.7. The highest BCUT2D eigenvalue weighted by Gasteiger charge is 2.61. The lowest BCUT2D eigenvalue weighted by Crippen LogP contribution is -2.42. The number of carbonyl (C=O) groups is 1. The molecule has 0 aromatic heterocycles. The van der Waals surface area contributed by atoms with Crippen LogP contribution in [0.3, 0.4) is 0 Å². The second-order valence-corrected chi connectivity index (χ2v) is 7.56. The highest BCUT2D eigenvalue weighted by Crippen LogP contribution is 2.54. The maximum Gasteiger partial charge on any atom is 0.405 e. The van der Waals surface area contributed by atoms with Crippen LogP contribution in [0, 0.1) is 5.41 Å². The first kappa shape index (κ1) is 18.4. The molecule has 2 aromatic rings. The molecule has 3 rings (SSSR count). The van der Waals surface area contributed by atoms with Crippen molar-refractivity contribution >= 4 is 45.0 Å². The Balaban J connectivity index is 2.03. The van der Waals surface area contributed by atoms with Gasteiger partial charge in [-0.25, -0.2) is 0 Å². The molecule has 130 valence electrons. The van der Waals surface area contributed by atoms with E-state index in [0.29, 0.717) is 32.9 Å². The van der Waals surface area contributed by atoms with Crippen LogP contribution in [-0.4, -0.2) is 11.3 Å². The quantitative estimate of drug-likeness (QED) is 0.590. The summed E-state index contributed by atoms with van der Waals surface area (Å²) < 4.78 is 41.6. The minimum absolute atomic E-state index is 0.285. The third-order valence-corrected chi connectivity index (χ3v) is 5.60. The van der Waals surface area contributed by atoms with Gasteiger partial charge in [-0.3, -0.25) is 4.79 Å². The number of rotatable bonds is 3. The number of benzene rings is 2. The Kier molecular flexibility index (Phi) is 4.93. The van der Waals surface area contributed by atoms with Crippen LogP contribution in [0.15, 0.2) is 54.6 Å². The van der Waals surface area contributed by atoms with Crippen molar-refractivity contribution in [3.05, 3.63) is 75.8 Å². The van der Waals surface area contributed by atoms with Gasteiger partial charge < -0.3 is 0 Å². The van der Waals surface area contributed by atoms with Crippen LogP contribution >= 0.6 is 35.0 Å². The van der Waals surface area contributed by atoms with Crippen molar-refractivity contribution in [2.24, 2.45) is 5.41 Å². The largest absolute Gasteiger partial charge is 0.405 e. The highest BCUT2D eigenvalue weighted by atomic mass is 35.5. The molecule has 1 atom stereocenters. The average Bonchev–Trinajstić information content (AvgIpc) is 2.88. The van der Waals surface area contributed by atoms with Gasteiger partial charge in [-0.05, 0) is 47.9 Å². The first-order valence-corrected chi connectivity index (χ1v) is 8.81. The van der Waals surface area contributed by atoms with Crippen LogP contribution < -0.4 is 0 Å². The summed E-state index contributed by atoms with van der Waals surface area (Å²) in [6, 6.07) is 12.4. The van der Waals surface area contributed by atoms with Gasteiger partial charge in [0.2, 0.25) is 5.12 Å². The zero-order valence-electron chi connectivity index (χ0n) is 12.6. The fraction of sp³-hybridized carbons (Fsp3) is 0.167. The standard InChI is InChI=1S/C18H11Cl2F3OS/c19-13-5-1-11(2-6-13)9-17(18(21,22)23)10-15(25-16(17)24)12-3-7-14(20)8-4-12/h1-8,10H,9H2. The van der Waals surface area contributed by atoms with Gasteiger partial charge >= 0.3 is 6.18 Å². The highest BCUT2D eigenvalue weighted by molar-refractivity contribution is 8.22. The Hall–Kier alpha value is -1.43. The molecule has 1 unspecified atom stereocenters. The number of hydrogen-bond acceptors (Lipinski definition) is 2. The maximum absolute atomic E-state index is 13.9. The Bertz CT molecular complexity index is 829. The number of alkyl halides is 3. The summed E-state index contributed by atoms with van der Waals surface area (Å²) in [5, 5.41) is -0.0313. The molecule has 2 aromatic carbocycles. The van der Waals surface area contributed by atoms with Crippen molar-refractivity contribution in [3.63, 3.8) is 0 Å². The van der Waals surface area contributed by atoms with Gasteiger partial charge in [-0.1, -0.05) is 59.2 Å². The van der Waals surface area contributed by atoms with E-state index in [4.69, 9.17) is 23.2 Å². The van der Waals surface area contributed by atoms with E-state index in [0.717, 1.165) is 6.08 Å². The fourth-order valence-corrected chi connectivity index (χ4v) is 4.00. The van der Waals surface area contributed by atoms with Crippen LogP contribution in [0.4, 0.5) is 13.2 Å². The molecule has 25 heavy (non-hydrogen) atoms. The first-order valence-electron chi connectivity index (χ1n) is 7.23. The van der Waals surface area contributed by atoms with Gasteiger partial charge in [0, 0.05) is 15.0 Å². The van der Waals surface area contributed by atoms with Gasteiger partial charge in [-0.15, -0.1) is 0 Å². The van der Waals surface area contributed by atoms with Gasteiger partial charge in [-0.2, -0.15) is 13.2 Å². The molecular formula is C18H11Cl2F3OS. The predicted octanol–water partition coefficient (Wildman–Crippen LogP) is 6.40. The van der Waals surface area contributed by atoms with Crippen LogP contribution in [0.2, 0.25) is 10.0 Å². The summed E-state index contributed by atoms with van der Waals surface area (Å²) in [6.45, 7) is 0. The van der Waals surface area contributed by atoms with Crippen LogP contribution in [0.25, 0.3) is 4.91 Å². The maximum atomic E-state index is 13.9. The lowest BCUT2D eigenvalue weighted by atomic mass is 9.81. The molecule has 0 amide bonds. The van der Waals surface area contributed by atoms with E-state index in [1.165, 1.54) is 24.3 Å². The van der Waals surface area contributed by atoms with Crippen molar-refractivity contribution in [2.75, 3.05) is 0 Å². The van der Waals surface area contributed by atoms with E-state index in [2.05, 4.69) is 0 Å². The third kappa shape index (κ3) is 3.59. The van der Waals surface area contributed by atoms with E-state index < -0.39 is 23.1 Å². The molecule has 0 aliphatic carbocycles. The Morgan fingerprint density at radius 3 is 1.96 bits per heavy atom. The van der Waals surface area contributed by atoms with Crippen molar-refractivity contribution in [1.29, 1.82) is 0 Å². The van der Waals surface area contributed by atoms with Crippen molar-refractivity contribution < 1.29 is 18.0 Å². The van der Waals surface area contributed by atoms with Crippen molar-refractivity contribution in [1.82, 2.24) is 0 Å². The monoisotopic (exact) mass is 402 g/mol. The first-order chi connectivity index (χ1) is 11.7. The lowest BCUT2D eigenvalue weighted by Gasteiger charge is -2.27. The minimum atomic E-state index is -4.70. The predicted molar refractivity (Wildman–Crippen MR) is 95.7 cm³/mol. The molecule has 1 nitrogen and oxygen atoms in total. The summed E-state index contributed by atoms with van der Waals surface area (Å²) in [6.07, 6.45) is -4.14. The number of carbonyl (C=O) groups excluding carboxylic acids is 1. The molecule has 1 heterocycles. The number of allylic oxidation sites excluding steroid dienone is 1. The molecule has 0 saturated carbocycles. The van der Waals surface area contributed by atoms with E-state index >= 15 is 0 Å². The summed E-state index contributed by atoms with van der Waals surface area (Å²) >= 11 is 12.2. The molecular weight excluding hydrogens is 392 g/mol. The average molecular weight is 403 g/mol. The Morgan fingerprint density at radius 2 is 1.44 bits per heavy atom. The fourth-order valence-electron chi connectivity index (χ4n) is 2.60. The zero-order valence-corrected chi connectivity index (χ0v) is 14.9. The van der Waals surface area contributed by atoms with E-state index in [1.807, 2.05) is 0 Å².